The molecule has 0 amide bonds. The summed E-state index contributed by atoms with van der Waals surface area (Å²) in [5, 5.41) is 3.48. The number of likely N-dealkylation sites (tertiary alicyclic amines) is 1. The Bertz CT molecular complexity index is 461. The van der Waals surface area contributed by atoms with Crippen molar-refractivity contribution in [1.29, 1.82) is 0 Å². The van der Waals surface area contributed by atoms with Crippen LogP contribution in [0.3, 0.4) is 0 Å². The molecule has 0 bridgehead atoms. The quantitative estimate of drug-likeness (QED) is 0.912. The Morgan fingerprint density at radius 2 is 2.16 bits per heavy atom. The van der Waals surface area contributed by atoms with Crippen LogP contribution in [0.1, 0.15) is 30.9 Å². The van der Waals surface area contributed by atoms with Crippen LogP contribution in [0.15, 0.2) is 18.2 Å². The molecule has 3 rings (SSSR count). The van der Waals surface area contributed by atoms with Crippen LogP contribution in [0, 0.1) is 11.7 Å². The van der Waals surface area contributed by atoms with Crippen molar-refractivity contribution in [3.8, 4) is 0 Å². The molecule has 2 unspecified atom stereocenters. The van der Waals surface area contributed by atoms with Gasteiger partial charge in [-0.15, -0.1) is 0 Å². The fourth-order valence-corrected chi connectivity index (χ4v) is 3.54. The molecule has 1 aliphatic heterocycles. The van der Waals surface area contributed by atoms with Gasteiger partial charge in [0.05, 0.1) is 5.02 Å². The maximum Gasteiger partial charge on any atom is 0.146 e. The summed E-state index contributed by atoms with van der Waals surface area (Å²) in [4.78, 5) is 2.48. The van der Waals surface area contributed by atoms with Gasteiger partial charge in [0.1, 0.15) is 5.82 Å². The lowest BCUT2D eigenvalue weighted by Gasteiger charge is -2.29. The van der Waals surface area contributed by atoms with Crippen molar-refractivity contribution in [1.82, 2.24) is 10.2 Å². The van der Waals surface area contributed by atoms with E-state index < -0.39 is 0 Å². The lowest BCUT2D eigenvalue weighted by atomic mass is 9.93. The summed E-state index contributed by atoms with van der Waals surface area (Å²) in [7, 11) is 1.96. The largest absolute Gasteiger partial charge is 0.319 e. The molecule has 1 aliphatic carbocycles. The smallest absolute Gasteiger partial charge is 0.146 e. The highest BCUT2D eigenvalue weighted by atomic mass is 35.5. The van der Waals surface area contributed by atoms with Crippen LogP contribution in [-0.4, -0.2) is 31.1 Å². The standard InChI is InChI=1S/C15H20ClFN2/c1-18-9-10-7-8-19(11-5-6-11)15(10)12-3-2-4-13(16)14(12)17/h2-4,10-11,15,18H,5-9H2,1H3. The van der Waals surface area contributed by atoms with E-state index in [1.807, 2.05) is 19.2 Å². The van der Waals surface area contributed by atoms with Gasteiger partial charge in [-0.2, -0.15) is 0 Å². The van der Waals surface area contributed by atoms with Crippen molar-refractivity contribution >= 4 is 11.6 Å². The van der Waals surface area contributed by atoms with E-state index in [4.69, 9.17) is 11.6 Å². The predicted octanol–water partition coefficient (Wildman–Crippen LogP) is 3.22. The number of hydrogen-bond acceptors (Lipinski definition) is 2. The Balaban J connectivity index is 1.94. The molecule has 0 aromatic heterocycles. The van der Waals surface area contributed by atoms with Crippen LogP contribution >= 0.6 is 11.6 Å². The number of nitrogens with one attached hydrogen (secondary N) is 1. The molecule has 1 aromatic carbocycles. The number of halogens is 2. The summed E-state index contributed by atoms with van der Waals surface area (Å²) in [6.07, 6.45) is 3.64. The third-order valence-electron chi connectivity index (χ3n) is 4.34. The summed E-state index contributed by atoms with van der Waals surface area (Å²) < 4.78 is 14.3. The second-order valence-electron chi connectivity index (χ2n) is 5.66. The highest BCUT2D eigenvalue weighted by Gasteiger charge is 2.43. The van der Waals surface area contributed by atoms with E-state index in [0.29, 0.717) is 12.0 Å². The first-order chi connectivity index (χ1) is 9.22. The average Bonchev–Trinajstić information content (AvgIpc) is 3.16. The van der Waals surface area contributed by atoms with E-state index in [0.717, 1.165) is 25.1 Å². The summed E-state index contributed by atoms with van der Waals surface area (Å²) in [5.41, 5.74) is 0.775. The Labute approximate surface area is 118 Å². The van der Waals surface area contributed by atoms with Gasteiger partial charge in [0.25, 0.3) is 0 Å². The van der Waals surface area contributed by atoms with Crippen LogP contribution in [-0.2, 0) is 0 Å². The summed E-state index contributed by atoms with van der Waals surface area (Å²) in [6, 6.07) is 6.23. The molecule has 2 aliphatic rings. The summed E-state index contributed by atoms with van der Waals surface area (Å²) in [6.45, 7) is 2.01. The number of benzene rings is 1. The first kappa shape index (κ1) is 13.3. The van der Waals surface area contributed by atoms with E-state index >= 15 is 0 Å². The van der Waals surface area contributed by atoms with Crippen molar-refractivity contribution in [2.45, 2.75) is 31.3 Å². The third-order valence-corrected chi connectivity index (χ3v) is 4.64. The molecule has 1 aromatic rings. The van der Waals surface area contributed by atoms with Crippen LogP contribution in [0.5, 0.6) is 0 Å². The zero-order chi connectivity index (χ0) is 13.4. The van der Waals surface area contributed by atoms with Crippen molar-refractivity contribution < 1.29 is 4.39 Å². The van der Waals surface area contributed by atoms with Gasteiger partial charge in [-0.1, -0.05) is 23.7 Å². The highest BCUT2D eigenvalue weighted by molar-refractivity contribution is 6.30. The fourth-order valence-electron chi connectivity index (χ4n) is 3.36. The molecular formula is C15H20ClFN2. The van der Waals surface area contributed by atoms with Gasteiger partial charge >= 0.3 is 0 Å². The number of rotatable bonds is 4. The molecule has 1 saturated heterocycles. The third kappa shape index (κ3) is 2.51. The fraction of sp³-hybridized carbons (Fsp3) is 0.600. The molecule has 1 heterocycles. The van der Waals surface area contributed by atoms with E-state index in [-0.39, 0.29) is 16.9 Å². The first-order valence-corrected chi connectivity index (χ1v) is 7.44. The maximum atomic E-state index is 14.3. The maximum absolute atomic E-state index is 14.3. The lowest BCUT2D eigenvalue weighted by molar-refractivity contribution is 0.212. The summed E-state index contributed by atoms with van der Waals surface area (Å²) >= 11 is 5.95. The van der Waals surface area contributed by atoms with Gasteiger partial charge in [0.2, 0.25) is 0 Å². The molecule has 104 valence electrons. The first-order valence-electron chi connectivity index (χ1n) is 7.06. The Morgan fingerprint density at radius 3 is 2.84 bits per heavy atom. The van der Waals surface area contributed by atoms with Crippen LogP contribution in [0.2, 0.25) is 5.02 Å². The molecule has 0 radical (unpaired) electrons. The van der Waals surface area contributed by atoms with Gasteiger partial charge in [0.15, 0.2) is 0 Å². The van der Waals surface area contributed by atoms with Crippen molar-refractivity contribution in [2.75, 3.05) is 20.1 Å². The second kappa shape index (κ2) is 5.39. The minimum atomic E-state index is -0.234. The van der Waals surface area contributed by atoms with Crippen LogP contribution in [0.4, 0.5) is 4.39 Å². The molecule has 2 fully saturated rings. The van der Waals surface area contributed by atoms with Gasteiger partial charge in [-0.25, -0.2) is 4.39 Å². The lowest BCUT2D eigenvalue weighted by Crippen LogP contribution is -2.31. The minimum absolute atomic E-state index is 0.179. The summed E-state index contributed by atoms with van der Waals surface area (Å²) in [5.74, 6) is 0.237. The zero-order valence-corrected chi connectivity index (χ0v) is 12.0. The topological polar surface area (TPSA) is 15.3 Å². The highest BCUT2D eigenvalue weighted by Crippen LogP contribution is 2.45. The molecular weight excluding hydrogens is 263 g/mol. The molecule has 1 N–H and O–H groups in total. The molecule has 1 saturated carbocycles. The molecule has 0 spiro atoms. The van der Waals surface area contributed by atoms with Crippen molar-refractivity contribution in [3.05, 3.63) is 34.6 Å². The van der Waals surface area contributed by atoms with Crippen molar-refractivity contribution in [3.63, 3.8) is 0 Å². The predicted molar refractivity (Wildman–Crippen MR) is 75.9 cm³/mol. The average molecular weight is 283 g/mol. The zero-order valence-electron chi connectivity index (χ0n) is 11.2. The Hall–Kier alpha value is -0.640. The molecule has 2 atom stereocenters. The second-order valence-corrected chi connectivity index (χ2v) is 6.07. The van der Waals surface area contributed by atoms with Gasteiger partial charge in [-0.3, -0.25) is 4.90 Å². The van der Waals surface area contributed by atoms with E-state index in [1.165, 1.54) is 12.8 Å². The number of hydrogen-bond donors (Lipinski definition) is 1. The van der Waals surface area contributed by atoms with E-state index in [9.17, 15) is 4.39 Å². The van der Waals surface area contributed by atoms with Gasteiger partial charge in [0, 0.05) is 17.6 Å². The molecule has 19 heavy (non-hydrogen) atoms. The monoisotopic (exact) mass is 282 g/mol. The minimum Gasteiger partial charge on any atom is -0.319 e. The van der Waals surface area contributed by atoms with Gasteiger partial charge in [-0.05, 0) is 51.4 Å². The molecule has 4 heteroatoms. The van der Waals surface area contributed by atoms with E-state index in [1.54, 1.807) is 6.07 Å². The van der Waals surface area contributed by atoms with Crippen molar-refractivity contribution in [2.24, 2.45) is 5.92 Å². The van der Waals surface area contributed by atoms with Gasteiger partial charge < -0.3 is 5.32 Å². The normalized spacial score (nSPS) is 27.9. The Morgan fingerprint density at radius 1 is 1.37 bits per heavy atom. The number of nitrogens with zero attached hydrogens (tertiary/aromatic N) is 1. The van der Waals surface area contributed by atoms with Crippen LogP contribution < -0.4 is 5.32 Å². The van der Waals surface area contributed by atoms with Crippen LogP contribution in [0.25, 0.3) is 0 Å². The van der Waals surface area contributed by atoms with E-state index in [2.05, 4.69) is 10.2 Å². The SMILES string of the molecule is CNCC1CCN(C2CC2)C1c1cccc(Cl)c1F. The Kier molecular flexibility index (Phi) is 3.79. The molecule has 2 nitrogen and oxygen atoms in total.